The molecule has 1 aliphatic heterocycles. The molecule has 1 fully saturated rings. The molecule has 132 valence electrons. The largest absolute Gasteiger partial charge is 0.444 e. The highest BCUT2D eigenvalue weighted by molar-refractivity contribution is 5.79. The molecule has 1 aliphatic rings. The van der Waals surface area contributed by atoms with Gasteiger partial charge in [-0.25, -0.2) is 4.79 Å². The number of aliphatic hydroxyl groups is 1. The predicted molar refractivity (Wildman–Crippen MR) is 90.2 cm³/mol. The molecule has 2 atom stereocenters. The summed E-state index contributed by atoms with van der Waals surface area (Å²) in [6.07, 6.45) is -0.260. The van der Waals surface area contributed by atoms with Crippen LogP contribution in [-0.4, -0.2) is 46.8 Å². The van der Waals surface area contributed by atoms with E-state index in [9.17, 15) is 14.7 Å². The lowest BCUT2D eigenvalue weighted by atomic mass is 9.99. The first-order valence-corrected chi connectivity index (χ1v) is 8.20. The van der Waals surface area contributed by atoms with Gasteiger partial charge in [0.25, 0.3) is 0 Å². The average Bonchev–Trinajstić information content (AvgIpc) is 2.85. The Balaban J connectivity index is 1.93. The van der Waals surface area contributed by atoms with Crippen LogP contribution in [0.2, 0.25) is 0 Å². The van der Waals surface area contributed by atoms with Gasteiger partial charge in [-0.1, -0.05) is 30.3 Å². The zero-order valence-corrected chi connectivity index (χ0v) is 14.5. The molecule has 1 unspecified atom stereocenters. The molecule has 24 heavy (non-hydrogen) atoms. The number of alkyl carbamates (subject to hydrolysis) is 1. The molecule has 2 amide bonds. The topological polar surface area (TPSA) is 78.9 Å². The van der Waals surface area contributed by atoms with Crippen molar-refractivity contribution < 1.29 is 19.4 Å². The van der Waals surface area contributed by atoms with Gasteiger partial charge in [-0.15, -0.1) is 0 Å². The quantitative estimate of drug-likeness (QED) is 0.862. The maximum absolute atomic E-state index is 12.2. The fourth-order valence-corrected chi connectivity index (χ4v) is 2.80. The number of nitrogens with zero attached hydrogens (tertiary/aromatic N) is 1. The smallest absolute Gasteiger partial charge is 0.407 e. The fraction of sp³-hybridized carbons (Fsp3) is 0.556. The van der Waals surface area contributed by atoms with Crippen molar-refractivity contribution in [2.75, 3.05) is 13.2 Å². The summed E-state index contributed by atoms with van der Waals surface area (Å²) < 4.78 is 5.22. The summed E-state index contributed by atoms with van der Waals surface area (Å²) in [5, 5.41) is 12.3. The number of ether oxygens (including phenoxy) is 1. The Bertz CT molecular complexity index is 568. The first-order chi connectivity index (χ1) is 11.3. The summed E-state index contributed by atoms with van der Waals surface area (Å²) in [6.45, 7) is 6.16. The Kier molecular flexibility index (Phi) is 5.83. The third-order valence-electron chi connectivity index (χ3n) is 3.93. The van der Waals surface area contributed by atoms with Crippen molar-refractivity contribution in [2.45, 2.75) is 45.4 Å². The molecule has 0 radical (unpaired) electrons. The van der Waals surface area contributed by atoms with Crippen LogP contribution < -0.4 is 5.32 Å². The van der Waals surface area contributed by atoms with Crippen LogP contribution >= 0.6 is 0 Å². The first-order valence-electron chi connectivity index (χ1n) is 8.20. The second-order valence-corrected chi connectivity index (χ2v) is 7.16. The van der Waals surface area contributed by atoms with Crippen molar-refractivity contribution in [3.8, 4) is 0 Å². The van der Waals surface area contributed by atoms with Crippen LogP contribution in [0.3, 0.4) is 0 Å². The highest BCUT2D eigenvalue weighted by Crippen LogP contribution is 2.23. The van der Waals surface area contributed by atoms with E-state index >= 15 is 0 Å². The van der Waals surface area contributed by atoms with Gasteiger partial charge in [-0.2, -0.15) is 0 Å². The molecule has 2 N–H and O–H groups in total. The lowest BCUT2D eigenvalue weighted by Crippen LogP contribution is -2.45. The maximum Gasteiger partial charge on any atom is 0.407 e. The zero-order valence-electron chi connectivity index (χ0n) is 14.5. The standard InChI is InChI=1S/C18H26N2O4/c1-18(2,3)24-17(23)19-15(12-21)14-9-16(22)20(11-14)10-13-7-5-4-6-8-13/h4-8,14-15,21H,9-12H2,1-3H3,(H,19,23)/t14?,15-/m1/s1. The maximum atomic E-state index is 12.2. The summed E-state index contributed by atoms with van der Waals surface area (Å²) in [4.78, 5) is 25.9. The van der Waals surface area contributed by atoms with Crippen LogP contribution in [0.4, 0.5) is 4.79 Å². The minimum Gasteiger partial charge on any atom is -0.444 e. The highest BCUT2D eigenvalue weighted by Gasteiger charge is 2.35. The summed E-state index contributed by atoms with van der Waals surface area (Å²) in [5.74, 6) is -0.0907. The van der Waals surface area contributed by atoms with Crippen molar-refractivity contribution in [3.05, 3.63) is 35.9 Å². The van der Waals surface area contributed by atoms with E-state index in [0.717, 1.165) is 5.56 Å². The SMILES string of the molecule is CC(C)(C)OC(=O)N[C@H](CO)C1CC(=O)N(Cc2ccccc2)C1. The van der Waals surface area contributed by atoms with E-state index < -0.39 is 17.7 Å². The molecule has 1 aromatic rings. The van der Waals surface area contributed by atoms with E-state index in [1.165, 1.54) is 0 Å². The molecule has 0 spiro atoms. The molecule has 6 nitrogen and oxygen atoms in total. The number of rotatable bonds is 5. The number of likely N-dealkylation sites (tertiary alicyclic amines) is 1. The van der Waals surface area contributed by atoms with E-state index in [1.807, 2.05) is 30.3 Å². The van der Waals surface area contributed by atoms with Crippen LogP contribution in [0.25, 0.3) is 0 Å². The second-order valence-electron chi connectivity index (χ2n) is 7.16. The van der Waals surface area contributed by atoms with Gasteiger partial charge < -0.3 is 20.1 Å². The Labute approximate surface area is 142 Å². The Morgan fingerprint density at radius 1 is 1.38 bits per heavy atom. The van der Waals surface area contributed by atoms with Gasteiger partial charge in [0.2, 0.25) is 5.91 Å². The van der Waals surface area contributed by atoms with E-state index in [1.54, 1.807) is 25.7 Å². The summed E-state index contributed by atoms with van der Waals surface area (Å²) in [6, 6.07) is 9.27. The van der Waals surface area contributed by atoms with Gasteiger partial charge in [-0.05, 0) is 26.3 Å². The van der Waals surface area contributed by atoms with Crippen LogP contribution in [0.1, 0.15) is 32.8 Å². The first kappa shape index (κ1) is 18.3. The number of carbonyl (C=O) groups is 2. The van der Waals surface area contributed by atoms with Gasteiger partial charge in [0.05, 0.1) is 12.6 Å². The molecule has 1 aromatic carbocycles. The number of hydrogen-bond acceptors (Lipinski definition) is 4. The number of aliphatic hydroxyl groups excluding tert-OH is 1. The van der Waals surface area contributed by atoms with Gasteiger partial charge in [0.15, 0.2) is 0 Å². The highest BCUT2D eigenvalue weighted by atomic mass is 16.6. The zero-order chi connectivity index (χ0) is 17.7. The van der Waals surface area contributed by atoms with Gasteiger partial charge >= 0.3 is 6.09 Å². The molecule has 6 heteroatoms. The van der Waals surface area contributed by atoms with Gasteiger partial charge in [-0.3, -0.25) is 4.79 Å². The van der Waals surface area contributed by atoms with Crippen LogP contribution in [0, 0.1) is 5.92 Å². The minimum atomic E-state index is -0.602. The monoisotopic (exact) mass is 334 g/mol. The van der Waals surface area contributed by atoms with Crippen molar-refractivity contribution >= 4 is 12.0 Å². The Morgan fingerprint density at radius 2 is 2.04 bits per heavy atom. The van der Waals surface area contributed by atoms with Crippen LogP contribution in [0.15, 0.2) is 30.3 Å². The molecule has 2 rings (SSSR count). The fourth-order valence-electron chi connectivity index (χ4n) is 2.80. The molecule has 1 saturated heterocycles. The van der Waals surface area contributed by atoms with E-state index in [0.29, 0.717) is 19.5 Å². The van der Waals surface area contributed by atoms with Crippen molar-refractivity contribution in [1.82, 2.24) is 10.2 Å². The van der Waals surface area contributed by atoms with Crippen molar-refractivity contribution in [3.63, 3.8) is 0 Å². The molecule has 0 aliphatic carbocycles. The number of benzene rings is 1. The third kappa shape index (κ3) is 5.23. The normalized spacial score (nSPS) is 19.2. The third-order valence-corrected chi connectivity index (χ3v) is 3.93. The van der Waals surface area contributed by atoms with Crippen LogP contribution in [-0.2, 0) is 16.1 Å². The molecular weight excluding hydrogens is 308 g/mol. The summed E-state index contributed by atoms with van der Waals surface area (Å²) >= 11 is 0. The summed E-state index contributed by atoms with van der Waals surface area (Å²) in [5.41, 5.74) is 0.460. The second kappa shape index (κ2) is 7.66. The molecular formula is C18H26N2O4. The molecule has 0 saturated carbocycles. The molecule has 0 aromatic heterocycles. The molecule has 0 bridgehead atoms. The minimum absolute atomic E-state index is 0.0355. The predicted octanol–water partition coefficient (Wildman–Crippen LogP) is 1.92. The van der Waals surface area contributed by atoms with Gasteiger partial charge in [0.1, 0.15) is 5.60 Å². The number of hydrogen-bond donors (Lipinski definition) is 2. The van der Waals surface area contributed by atoms with Crippen molar-refractivity contribution in [2.24, 2.45) is 5.92 Å². The van der Waals surface area contributed by atoms with Crippen molar-refractivity contribution in [1.29, 1.82) is 0 Å². The Hall–Kier alpha value is -2.08. The summed E-state index contributed by atoms with van der Waals surface area (Å²) in [7, 11) is 0. The number of amides is 2. The Morgan fingerprint density at radius 3 is 2.62 bits per heavy atom. The molecule has 1 heterocycles. The number of nitrogens with one attached hydrogen (secondary N) is 1. The van der Waals surface area contributed by atoms with Crippen LogP contribution in [0.5, 0.6) is 0 Å². The lowest BCUT2D eigenvalue weighted by molar-refractivity contribution is -0.128. The van der Waals surface area contributed by atoms with Gasteiger partial charge in [0, 0.05) is 25.4 Å². The van der Waals surface area contributed by atoms with E-state index in [-0.39, 0.29) is 18.4 Å². The van der Waals surface area contributed by atoms with E-state index in [2.05, 4.69) is 5.32 Å². The lowest BCUT2D eigenvalue weighted by Gasteiger charge is -2.26. The van der Waals surface area contributed by atoms with E-state index in [4.69, 9.17) is 4.74 Å². The average molecular weight is 334 g/mol. The number of carbonyl (C=O) groups excluding carboxylic acids is 2.